The van der Waals surface area contributed by atoms with E-state index in [1.165, 1.54) is 32.4 Å². The van der Waals surface area contributed by atoms with Crippen molar-refractivity contribution >= 4 is 80.2 Å². The van der Waals surface area contributed by atoms with Gasteiger partial charge in [0, 0.05) is 29.4 Å². The first kappa shape index (κ1) is 48.0. The van der Waals surface area contributed by atoms with E-state index in [0.29, 0.717) is 30.8 Å². The second kappa shape index (κ2) is 28.3. The molecule has 2 amide bonds. The van der Waals surface area contributed by atoms with E-state index >= 15 is 0 Å². The fraction of sp³-hybridized carbons (Fsp3) is 0.636. The summed E-state index contributed by atoms with van der Waals surface area (Å²) >= 11 is 0.770. The number of benzene rings is 1. The van der Waals surface area contributed by atoms with Crippen molar-refractivity contribution in [2.75, 3.05) is 71.5 Å². The van der Waals surface area contributed by atoms with E-state index in [0.717, 1.165) is 11.8 Å². The van der Waals surface area contributed by atoms with Crippen LogP contribution in [0.2, 0.25) is 0 Å². The van der Waals surface area contributed by atoms with Gasteiger partial charge in [-0.05, 0) is 42.6 Å². The zero-order valence-electron chi connectivity index (χ0n) is 30.6. The van der Waals surface area contributed by atoms with Crippen molar-refractivity contribution in [2.24, 2.45) is 5.73 Å². The van der Waals surface area contributed by atoms with Gasteiger partial charge < -0.3 is 54.6 Å². The summed E-state index contributed by atoms with van der Waals surface area (Å²) in [5.74, 6) is 5.55. The smallest absolute Gasteiger partial charge is 0.490 e. The highest BCUT2D eigenvalue weighted by Gasteiger charge is 2.37. The molecule has 54 heavy (non-hydrogen) atoms. The largest absolute Gasteiger partial charge is 0.509 e. The zero-order chi connectivity index (χ0) is 39.6. The van der Waals surface area contributed by atoms with Crippen molar-refractivity contribution in [1.29, 1.82) is 5.26 Å². The van der Waals surface area contributed by atoms with Gasteiger partial charge in [0.2, 0.25) is 5.91 Å². The van der Waals surface area contributed by atoms with Gasteiger partial charge in [0.05, 0.1) is 32.5 Å². The Morgan fingerprint density at radius 1 is 1.15 bits per heavy atom. The van der Waals surface area contributed by atoms with Gasteiger partial charge in [-0.3, -0.25) is 9.59 Å². The third-order valence-electron chi connectivity index (χ3n) is 6.40. The van der Waals surface area contributed by atoms with Crippen LogP contribution in [-0.2, 0) is 33.2 Å². The molecule has 1 aromatic rings. The molecule has 5 N–H and O–H groups in total. The average molecular weight is 848 g/mol. The summed E-state index contributed by atoms with van der Waals surface area (Å²) in [6, 6.07) is 6.47. The number of aliphatic hydroxyl groups is 1. The minimum atomic E-state index is -0.910. The number of hydrogen-bond acceptors (Lipinski definition) is 18. The van der Waals surface area contributed by atoms with Crippen molar-refractivity contribution in [1.82, 2.24) is 10.6 Å². The van der Waals surface area contributed by atoms with Crippen LogP contribution in [0.3, 0.4) is 0 Å². The summed E-state index contributed by atoms with van der Waals surface area (Å²) in [5.41, 5.74) is 5.05. The molecule has 0 spiro atoms. The van der Waals surface area contributed by atoms with Gasteiger partial charge in [0.1, 0.15) is 47.9 Å². The highest BCUT2D eigenvalue weighted by molar-refractivity contribution is 8.77. The molecule has 2 unspecified atom stereocenters. The molecule has 1 aromatic carbocycles. The third-order valence-corrected chi connectivity index (χ3v) is 12.2. The molecule has 0 aromatic heterocycles. The van der Waals surface area contributed by atoms with E-state index in [4.69, 9.17) is 44.2 Å². The Labute approximate surface area is 338 Å². The third kappa shape index (κ3) is 21.8. The molecule has 1 saturated heterocycles. The molecule has 1 aliphatic heterocycles. The molecule has 15 nitrogen and oxygen atoms in total. The Balaban J connectivity index is 1.70. The van der Waals surface area contributed by atoms with Gasteiger partial charge in [-0.1, -0.05) is 75.9 Å². The predicted molar refractivity (Wildman–Crippen MR) is 216 cm³/mol. The molecule has 1 radical (unpaired) electrons. The number of aliphatic hydroxyl groups excluding tert-OH is 1. The highest BCUT2D eigenvalue weighted by Crippen LogP contribution is 2.38. The van der Waals surface area contributed by atoms with Gasteiger partial charge in [0.25, 0.3) is 13.2 Å². The predicted octanol–water partition coefficient (Wildman–Crippen LogP) is 3.23. The second-order valence-corrected chi connectivity index (χ2v) is 18.4. The SMILES string of the molecule is CSS[C@@H](COC(=O)OCSC#N)O[C@@H]1C[C@H]([B]C#CCNC(=O)COCCOC(COc2cccc(C(=O)NCCN)c2)SSC(C)(C)C)OC1CO. The molecule has 5 atom stereocenters. The summed E-state index contributed by atoms with van der Waals surface area (Å²) in [7, 11) is 7.59. The van der Waals surface area contributed by atoms with E-state index in [9.17, 15) is 19.5 Å². The van der Waals surface area contributed by atoms with Crippen LogP contribution in [0.15, 0.2) is 24.3 Å². The maximum Gasteiger partial charge on any atom is 0.509 e. The van der Waals surface area contributed by atoms with Crippen LogP contribution >= 0.6 is 54.9 Å². The van der Waals surface area contributed by atoms with Crippen molar-refractivity contribution in [2.45, 2.75) is 61.0 Å². The average Bonchev–Trinajstić information content (AvgIpc) is 3.54. The monoisotopic (exact) mass is 847 g/mol. The fourth-order valence-electron chi connectivity index (χ4n) is 4.11. The van der Waals surface area contributed by atoms with Gasteiger partial charge in [-0.2, -0.15) is 11.1 Å². The number of ether oxygens (including phenoxy) is 7. The standard InChI is InChI=1S/C33H48BN4O11S5/c1-33(2,3)54-53-29(19-45-24-8-5-7-23(15-24)31(41)38-12-10-35)44-14-13-43-18-28(40)37-11-6-9-34-27-16-25(26(17-39)48-27)49-30(52-50-4)20-46-32(42)47-22-51-21-36/h5,7-8,15,25-27,29-30,39H,10-14,16-20,22,35H2,1-4H3,(H,37,40)(H,38,41)/t25-,26?,27-,29?,30+/m1/s1. The van der Waals surface area contributed by atoms with Crippen LogP contribution in [0.1, 0.15) is 37.6 Å². The van der Waals surface area contributed by atoms with E-state index in [2.05, 4.69) is 43.1 Å². The maximum atomic E-state index is 12.3. The molecule has 21 heteroatoms. The molecule has 2 rings (SSSR count). The summed E-state index contributed by atoms with van der Waals surface area (Å²) < 4.78 is 39.2. The van der Waals surface area contributed by atoms with Crippen LogP contribution in [0.5, 0.6) is 5.75 Å². The van der Waals surface area contributed by atoms with Gasteiger partial charge in [0.15, 0.2) is 5.94 Å². The van der Waals surface area contributed by atoms with Crippen LogP contribution in [0.4, 0.5) is 4.79 Å². The van der Waals surface area contributed by atoms with Crippen molar-refractivity contribution in [3.63, 3.8) is 0 Å². The van der Waals surface area contributed by atoms with Gasteiger partial charge in [-0.25, -0.2) is 4.79 Å². The minimum absolute atomic E-state index is 0.0165. The quantitative estimate of drug-likeness (QED) is 0.0212. The molecule has 299 valence electrons. The Morgan fingerprint density at radius 2 is 1.96 bits per heavy atom. The number of carbonyl (C=O) groups excluding carboxylic acids is 3. The number of thioether (sulfide) groups is 1. The number of nitriles is 1. The topological polar surface area (TPSA) is 210 Å². The van der Waals surface area contributed by atoms with Gasteiger partial charge in [-0.15, -0.1) is 0 Å². The van der Waals surface area contributed by atoms with Crippen molar-refractivity contribution in [3.8, 4) is 22.9 Å². The number of nitrogens with zero attached hydrogens (tertiary/aromatic N) is 1. The molecular weight excluding hydrogens is 800 g/mol. The van der Waals surface area contributed by atoms with Gasteiger partial charge >= 0.3 is 6.16 Å². The van der Waals surface area contributed by atoms with Crippen LogP contribution in [0, 0.1) is 22.4 Å². The Morgan fingerprint density at radius 3 is 2.69 bits per heavy atom. The fourth-order valence-corrected chi connectivity index (χ4v) is 7.99. The van der Waals surface area contributed by atoms with E-state index in [1.54, 1.807) is 47.7 Å². The number of carbonyl (C=O) groups is 3. The Kier molecular flexibility index (Phi) is 25.1. The summed E-state index contributed by atoms with van der Waals surface area (Å²) in [5, 5.41) is 25.5. The normalized spacial score (nSPS) is 17.6. The van der Waals surface area contributed by atoms with Crippen LogP contribution in [-0.4, -0.2) is 136 Å². The molecular formula is C33H48BN4O11S5. The first-order valence-corrected chi connectivity index (χ1v) is 22.5. The number of nitrogens with one attached hydrogen (secondary N) is 2. The first-order valence-electron chi connectivity index (χ1n) is 16.7. The maximum absolute atomic E-state index is 12.3. The van der Waals surface area contributed by atoms with Crippen LogP contribution in [0.25, 0.3) is 0 Å². The lowest BCUT2D eigenvalue weighted by molar-refractivity contribution is -0.126. The van der Waals surface area contributed by atoms with E-state index in [-0.39, 0.29) is 74.1 Å². The number of amides is 2. The van der Waals surface area contributed by atoms with Crippen LogP contribution < -0.4 is 21.1 Å². The second-order valence-electron chi connectivity index (χ2n) is 11.8. The number of hydrogen-bond donors (Lipinski definition) is 4. The minimum Gasteiger partial charge on any atom is -0.490 e. The molecule has 0 bridgehead atoms. The summed E-state index contributed by atoms with van der Waals surface area (Å²) in [4.78, 5) is 36.3. The Hall–Kier alpha value is -2.15. The Bertz CT molecular complexity index is 1380. The molecule has 1 fully saturated rings. The highest BCUT2D eigenvalue weighted by atomic mass is 33.1. The number of nitrogens with two attached hydrogens (primary N) is 1. The number of rotatable bonds is 25. The molecule has 1 aliphatic rings. The lowest BCUT2D eigenvalue weighted by Crippen LogP contribution is -2.32. The summed E-state index contributed by atoms with van der Waals surface area (Å²) in [6.45, 7) is 7.23. The van der Waals surface area contributed by atoms with E-state index < -0.39 is 29.8 Å². The first-order chi connectivity index (χ1) is 26.0. The number of thiocyanates is 1. The lowest BCUT2D eigenvalue weighted by Gasteiger charge is -2.23. The molecule has 0 aliphatic carbocycles. The zero-order valence-corrected chi connectivity index (χ0v) is 34.7. The summed E-state index contributed by atoms with van der Waals surface area (Å²) in [6.07, 6.45) is 0.276. The molecule has 1 heterocycles. The molecule has 0 saturated carbocycles. The van der Waals surface area contributed by atoms with Crippen molar-refractivity contribution < 1.29 is 52.6 Å². The lowest BCUT2D eigenvalue weighted by atomic mass is 9.71. The van der Waals surface area contributed by atoms with Crippen molar-refractivity contribution in [3.05, 3.63) is 29.8 Å². The van der Waals surface area contributed by atoms with E-state index in [1.807, 2.05) is 6.26 Å².